The fraction of sp³-hybridized carbons (Fsp3) is 0.533. The molecule has 0 aromatic heterocycles. The average Bonchev–Trinajstić information content (AvgIpc) is 2.42. The standard InChI is InChI=1S/C15H23NO4/c1-10-9-12(5-6-13(10)20-4)15(19)11(2)16(3)8-7-14(17)18/h5-6,9,11,15,19H,7-8H2,1-4H3,(H,17,18). The third kappa shape index (κ3) is 4.21. The van der Waals surface area contributed by atoms with Crippen LogP contribution in [0.25, 0.3) is 0 Å². The Morgan fingerprint density at radius 1 is 1.45 bits per heavy atom. The number of carboxylic acid groups (broad SMARTS) is 1. The Balaban J connectivity index is 2.75. The lowest BCUT2D eigenvalue weighted by Gasteiger charge is -2.29. The van der Waals surface area contributed by atoms with E-state index in [1.165, 1.54) is 0 Å². The zero-order valence-electron chi connectivity index (χ0n) is 12.5. The van der Waals surface area contributed by atoms with E-state index in [4.69, 9.17) is 9.84 Å². The first-order valence-corrected chi connectivity index (χ1v) is 6.61. The summed E-state index contributed by atoms with van der Waals surface area (Å²) in [6.07, 6.45) is -0.603. The van der Waals surface area contributed by atoms with Crippen LogP contribution in [0.15, 0.2) is 18.2 Å². The predicted octanol–water partition coefficient (Wildman–Crippen LogP) is 1.83. The van der Waals surface area contributed by atoms with Gasteiger partial charge in [0.1, 0.15) is 5.75 Å². The normalized spacial score (nSPS) is 14.1. The number of ether oxygens (including phenoxy) is 1. The molecule has 0 heterocycles. The van der Waals surface area contributed by atoms with Gasteiger partial charge in [-0.3, -0.25) is 4.79 Å². The number of hydrogen-bond acceptors (Lipinski definition) is 4. The first kappa shape index (κ1) is 16.5. The maximum Gasteiger partial charge on any atom is 0.304 e. The molecule has 0 spiro atoms. The topological polar surface area (TPSA) is 70.0 Å². The monoisotopic (exact) mass is 281 g/mol. The third-order valence-corrected chi connectivity index (χ3v) is 3.59. The van der Waals surface area contributed by atoms with Crippen LogP contribution >= 0.6 is 0 Å². The van der Waals surface area contributed by atoms with Crippen LogP contribution in [-0.4, -0.2) is 47.8 Å². The Labute approximate surface area is 119 Å². The maximum atomic E-state index is 10.6. The molecule has 1 rings (SSSR count). The van der Waals surface area contributed by atoms with Gasteiger partial charge in [-0.15, -0.1) is 0 Å². The molecule has 2 N–H and O–H groups in total. The Hall–Kier alpha value is -1.59. The summed E-state index contributed by atoms with van der Waals surface area (Å²) >= 11 is 0. The number of carbonyl (C=O) groups is 1. The minimum atomic E-state index is -0.834. The van der Waals surface area contributed by atoms with Crippen molar-refractivity contribution in [3.8, 4) is 5.75 Å². The van der Waals surface area contributed by atoms with Crippen LogP contribution in [0.2, 0.25) is 0 Å². The molecule has 1 aromatic rings. The number of carboxylic acids is 1. The van der Waals surface area contributed by atoms with E-state index in [9.17, 15) is 9.90 Å². The Bertz CT molecular complexity index is 461. The summed E-state index contributed by atoms with van der Waals surface area (Å²) in [5, 5.41) is 19.1. The summed E-state index contributed by atoms with van der Waals surface area (Å²) in [6, 6.07) is 5.39. The van der Waals surface area contributed by atoms with Crippen LogP contribution < -0.4 is 4.74 Å². The summed E-state index contributed by atoms with van der Waals surface area (Å²) in [6.45, 7) is 4.21. The zero-order valence-corrected chi connectivity index (χ0v) is 12.5. The Kier molecular flexibility index (Phi) is 5.98. The average molecular weight is 281 g/mol. The molecule has 2 unspecified atom stereocenters. The molecule has 0 aliphatic heterocycles. The number of nitrogens with zero attached hydrogens (tertiary/aromatic N) is 1. The number of aryl methyl sites for hydroxylation is 1. The lowest BCUT2D eigenvalue weighted by molar-refractivity contribution is -0.137. The molecule has 0 saturated carbocycles. The Morgan fingerprint density at radius 2 is 2.10 bits per heavy atom. The van der Waals surface area contributed by atoms with E-state index in [-0.39, 0.29) is 12.5 Å². The van der Waals surface area contributed by atoms with Gasteiger partial charge in [0.05, 0.1) is 19.6 Å². The SMILES string of the molecule is COc1ccc(C(O)C(C)N(C)CCC(=O)O)cc1C. The molecule has 0 radical (unpaired) electrons. The number of methoxy groups -OCH3 is 1. The second-order valence-electron chi connectivity index (χ2n) is 5.04. The quantitative estimate of drug-likeness (QED) is 0.798. The van der Waals surface area contributed by atoms with Gasteiger partial charge in [-0.2, -0.15) is 0 Å². The number of aliphatic carboxylic acids is 1. The molecule has 0 fully saturated rings. The van der Waals surface area contributed by atoms with Crippen molar-refractivity contribution in [3.63, 3.8) is 0 Å². The molecule has 5 nitrogen and oxygen atoms in total. The van der Waals surface area contributed by atoms with Gasteiger partial charge >= 0.3 is 5.97 Å². The molecule has 0 amide bonds. The summed E-state index contributed by atoms with van der Waals surface area (Å²) < 4.78 is 5.20. The molecule has 0 saturated heterocycles. The fourth-order valence-electron chi connectivity index (χ4n) is 2.08. The highest BCUT2D eigenvalue weighted by molar-refractivity contribution is 5.66. The first-order chi connectivity index (χ1) is 9.36. The minimum Gasteiger partial charge on any atom is -0.496 e. The second-order valence-corrected chi connectivity index (χ2v) is 5.04. The smallest absolute Gasteiger partial charge is 0.304 e. The predicted molar refractivity (Wildman–Crippen MR) is 77.0 cm³/mol. The summed E-state index contributed by atoms with van der Waals surface area (Å²) in [7, 11) is 3.42. The van der Waals surface area contributed by atoms with Crippen LogP contribution in [-0.2, 0) is 4.79 Å². The molecular formula is C15H23NO4. The van der Waals surface area contributed by atoms with Crippen LogP contribution in [0.5, 0.6) is 5.75 Å². The van der Waals surface area contributed by atoms with Gasteiger partial charge in [-0.1, -0.05) is 6.07 Å². The van der Waals surface area contributed by atoms with Gasteiger partial charge in [-0.05, 0) is 44.2 Å². The van der Waals surface area contributed by atoms with Crippen molar-refractivity contribution >= 4 is 5.97 Å². The van der Waals surface area contributed by atoms with Crippen molar-refractivity contribution in [2.45, 2.75) is 32.4 Å². The van der Waals surface area contributed by atoms with E-state index in [2.05, 4.69) is 0 Å². The summed E-state index contributed by atoms with van der Waals surface area (Å²) in [4.78, 5) is 12.4. The molecule has 1 aromatic carbocycles. The molecule has 112 valence electrons. The van der Waals surface area contributed by atoms with E-state index >= 15 is 0 Å². The van der Waals surface area contributed by atoms with Crippen molar-refractivity contribution in [2.24, 2.45) is 0 Å². The van der Waals surface area contributed by atoms with Gasteiger partial charge in [-0.25, -0.2) is 0 Å². The number of aliphatic hydroxyl groups excluding tert-OH is 1. The van der Waals surface area contributed by atoms with Crippen LogP contribution in [0.4, 0.5) is 0 Å². The lowest BCUT2D eigenvalue weighted by atomic mass is 10.00. The number of rotatable bonds is 7. The number of benzene rings is 1. The van der Waals surface area contributed by atoms with Crippen molar-refractivity contribution < 1.29 is 19.7 Å². The maximum absolute atomic E-state index is 10.6. The van der Waals surface area contributed by atoms with E-state index in [0.29, 0.717) is 6.54 Å². The summed E-state index contributed by atoms with van der Waals surface area (Å²) in [5.74, 6) is -0.0494. The van der Waals surface area contributed by atoms with Gasteiger partial charge in [0.15, 0.2) is 0 Å². The molecule has 5 heteroatoms. The van der Waals surface area contributed by atoms with Crippen molar-refractivity contribution in [1.29, 1.82) is 0 Å². The zero-order chi connectivity index (χ0) is 15.3. The van der Waals surface area contributed by atoms with Gasteiger partial charge in [0, 0.05) is 12.6 Å². The van der Waals surface area contributed by atoms with E-state index < -0.39 is 12.1 Å². The minimum absolute atomic E-state index is 0.0647. The highest BCUT2D eigenvalue weighted by Gasteiger charge is 2.21. The number of likely N-dealkylation sites (N-methyl/N-ethyl adjacent to an activating group) is 1. The molecule has 0 bridgehead atoms. The summed E-state index contributed by atoms with van der Waals surface area (Å²) in [5.41, 5.74) is 1.77. The molecule has 2 atom stereocenters. The fourth-order valence-corrected chi connectivity index (χ4v) is 2.08. The van der Waals surface area contributed by atoms with Crippen molar-refractivity contribution in [1.82, 2.24) is 4.90 Å². The molecule has 20 heavy (non-hydrogen) atoms. The van der Waals surface area contributed by atoms with Gasteiger partial charge < -0.3 is 19.8 Å². The van der Waals surface area contributed by atoms with E-state index in [1.807, 2.05) is 44.0 Å². The van der Waals surface area contributed by atoms with Crippen molar-refractivity contribution in [2.75, 3.05) is 20.7 Å². The lowest BCUT2D eigenvalue weighted by Crippen LogP contribution is -2.35. The van der Waals surface area contributed by atoms with Gasteiger partial charge in [0.25, 0.3) is 0 Å². The molecular weight excluding hydrogens is 258 g/mol. The largest absolute Gasteiger partial charge is 0.496 e. The van der Waals surface area contributed by atoms with Crippen molar-refractivity contribution in [3.05, 3.63) is 29.3 Å². The highest BCUT2D eigenvalue weighted by atomic mass is 16.5. The number of aliphatic hydroxyl groups is 1. The van der Waals surface area contributed by atoms with E-state index in [1.54, 1.807) is 7.11 Å². The number of hydrogen-bond donors (Lipinski definition) is 2. The molecule has 0 aliphatic carbocycles. The van der Waals surface area contributed by atoms with Crippen LogP contribution in [0.1, 0.15) is 30.6 Å². The van der Waals surface area contributed by atoms with Crippen LogP contribution in [0.3, 0.4) is 0 Å². The molecule has 0 aliphatic rings. The van der Waals surface area contributed by atoms with Crippen LogP contribution in [0, 0.1) is 6.92 Å². The Morgan fingerprint density at radius 3 is 2.60 bits per heavy atom. The van der Waals surface area contributed by atoms with Gasteiger partial charge in [0.2, 0.25) is 0 Å². The van der Waals surface area contributed by atoms with E-state index in [0.717, 1.165) is 16.9 Å². The second kappa shape index (κ2) is 7.26. The third-order valence-electron chi connectivity index (χ3n) is 3.59. The highest BCUT2D eigenvalue weighted by Crippen LogP contribution is 2.25. The first-order valence-electron chi connectivity index (χ1n) is 6.61.